The van der Waals surface area contributed by atoms with Gasteiger partial charge in [-0.25, -0.2) is 0 Å². The van der Waals surface area contributed by atoms with E-state index in [1.807, 2.05) is 0 Å². The first-order valence-electron chi connectivity index (χ1n) is 29.9. The fraction of sp³-hybridized carbons (Fsp3) is 0.0588. The molecular formula is C51H34O. The van der Waals surface area contributed by atoms with Crippen LogP contribution in [0.1, 0.15) is 63.4 Å². The molecule has 0 saturated heterocycles. The minimum atomic E-state index is -1.53. The summed E-state index contributed by atoms with van der Waals surface area (Å²) >= 11 is 0. The zero-order chi connectivity index (χ0) is 58.9. The summed E-state index contributed by atoms with van der Waals surface area (Å²) < 4.78 is 262. The zero-order valence-electron chi connectivity index (χ0n) is 54.9. The number of furan rings is 1. The van der Waals surface area contributed by atoms with Crippen molar-refractivity contribution >= 4 is 54.3 Å². The van der Waals surface area contributed by atoms with Gasteiger partial charge >= 0.3 is 0 Å². The molecule has 0 amide bonds. The van der Waals surface area contributed by atoms with E-state index in [1.54, 1.807) is 0 Å². The van der Waals surface area contributed by atoms with Gasteiger partial charge in [0.1, 0.15) is 11.2 Å². The lowest BCUT2D eigenvalue weighted by Crippen LogP contribution is -2.14. The number of hydrogen-bond acceptors (Lipinski definition) is 1. The molecule has 0 saturated carbocycles. The molecule has 1 aromatic heterocycles. The highest BCUT2D eigenvalue weighted by Crippen LogP contribution is 2.50. The quantitative estimate of drug-likeness (QED) is 0.168. The molecular weight excluding hydrogens is 629 g/mol. The lowest BCUT2D eigenvalue weighted by Gasteiger charge is -2.22. The SMILES string of the molecule is [2H]c1c([2H])c(-c2c([2H])c([2H])c3c(c2[2H])C(C)(C)c2c([2H])c([2H])c([2H])c([2H])c2-3)c([2H])c(-c2c3c([2H])c([2H])c([2H])c([2H])c3c(-c3c([2H])c([2H])c4oc5c([2H])c6c([2H])c([2H])c([2H])c([2H])c6c([2H])c5c4c3[2H])c3c([2H])c([2H])c([2H])c([2H])c23)c1[2H]. The minimum Gasteiger partial charge on any atom is -0.456 e. The Hall–Kier alpha value is -6.44. The normalized spacial score (nSPS) is 20.9. The standard InChI is InChI=1S/C51H34O/c1-51(2)45-21-10-9-16-37(45)38-24-22-34(29-46(38)51)31-14-11-15-35(26-31)49-39-17-5-7-19-41(39)50(42-20-8-6-18-40(42)49)36-23-25-47-43(28-36)44-27-32-12-3-4-13-33(32)30-48(44)52-47/h3-30H,1-2H3/i3D,4D,5D,6D,7D,8D,9D,10D,11D,12D,13D,14D,15D,16D,17D,18D,19D,20D,21D,22D,23D,24D,25D,26D,27D,28D,29D,30D. The molecule has 9 aromatic carbocycles. The first-order valence-corrected chi connectivity index (χ1v) is 15.9. The Morgan fingerprint density at radius 1 is 0.385 bits per heavy atom. The number of benzene rings is 9. The van der Waals surface area contributed by atoms with Gasteiger partial charge in [0.15, 0.2) is 0 Å². The highest BCUT2D eigenvalue weighted by Gasteiger charge is 2.35. The Bertz CT molecular complexity index is 4630. The first kappa shape index (κ1) is 13.0. The van der Waals surface area contributed by atoms with Gasteiger partial charge in [0.05, 0.1) is 38.4 Å². The highest BCUT2D eigenvalue weighted by molar-refractivity contribution is 6.22. The average molecular weight is 691 g/mol. The van der Waals surface area contributed by atoms with Crippen molar-refractivity contribution in [3.05, 3.63) is 180 Å². The largest absolute Gasteiger partial charge is 0.456 e. The fourth-order valence-corrected chi connectivity index (χ4v) is 6.98. The van der Waals surface area contributed by atoms with Crippen molar-refractivity contribution in [2.24, 2.45) is 0 Å². The second-order valence-electron chi connectivity index (χ2n) is 12.6. The predicted molar refractivity (Wildman–Crippen MR) is 220 cm³/mol. The summed E-state index contributed by atoms with van der Waals surface area (Å²) in [7, 11) is 0. The molecule has 0 aliphatic heterocycles. The average Bonchev–Trinajstić information content (AvgIpc) is 3.03. The van der Waals surface area contributed by atoms with Gasteiger partial charge in [0, 0.05) is 16.2 Å². The maximum absolute atomic E-state index is 9.99. The van der Waals surface area contributed by atoms with Crippen molar-refractivity contribution in [3.63, 3.8) is 0 Å². The molecule has 0 N–H and O–H groups in total. The summed E-state index contributed by atoms with van der Waals surface area (Å²) in [6.45, 7) is 3.01. The molecule has 1 aliphatic carbocycles. The van der Waals surface area contributed by atoms with Crippen LogP contribution in [0.5, 0.6) is 0 Å². The van der Waals surface area contributed by atoms with E-state index >= 15 is 0 Å². The maximum Gasteiger partial charge on any atom is 0.136 e. The molecule has 0 unspecified atom stereocenters. The van der Waals surface area contributed by atoms with Crippen LogP contribution in [-0.2, 0) is 5.41 Å². The van der Waals surface area contributed by atoms with Gasteiger partial charge in [0.25, 0.3) is 0 Å². The lowest BCUT2D eigenvalue weighted by atomic mass is 9.81. The van der Waals surface area contributed by atoms with Gasteiger partial charge in [-0.1, -0.05) is 147 Å². The monoisotopic (exact) mass is 690 g/mol. The Kier molecular flexibility index (Phi) is 2.69. The summed E-state index contributed by atoms with van der Waals surface area (Å²) in [6, 6.07) is -23.8. The van der Waals surface area contributed by atoms with Crippen LogP contribution >= 0.6 is 0 Å². The molecule has 10 aromatic rings. The van der Waals surface area contributed by atoms with Crippen molar-refractivity contribution in [2.45, 2.75) is 19.3 Å². The molecule has 11 rings (SSSR count). The number of hydrogen-bond donors (Lipinski definition) is 0. The second-order valence-corrected chi connectivity index (χ2v) is 12.6. The molecule has 0 spiro atoms. The number of fused-ring (bicyclic) bond motifs is 9. The van der Waals surface area contributed by atoms with Crippen LogP contribution in [0.2, 0.25) is 0 Å². The van der Waals surface area contributed by atoms with Crippen molar-refractivity contribution in [3.8, 4) is 44.5 Å². The molecule has 1 nitrogen and oxygen atoms in total. The van der Waals surface area contributed by atoms with Crippen LogP contribution in [0.25, 0.3) is 98.8 Å². The first-order chi connectivity index (χ1) is 37.2. The van der Waals surface area contributed by atoms with Crippen LogP contribution in [0, 0.1) is 0 Å². The smallest absolute Gasteiger partial charge is 0.136 e. The fourth-order valence-electron chi connectivity index (χ4n) is 6.98. The molecule has 1 aliphatic rings. The summed E-state index contributed by atoms with van der Waals surface area (Å²) in [6.07, 6.45) is 0. The highest BCUT2D eigenvalue weighted by atomic mass is 16.3. The van der Waals surface area contributed by atoms with Gasteiger partial charge in [0.2, 0.25) is 0 Å². The van der Waals surface area contributed by atoms with E-state index in [-0.39, 0.29) is 22.3 Å². The van der Waals surface area contributed by atoms with Crippen LogP contribution in [0.4, 0.5) is 0 Å². The van der Waals surface area contributed by atoms with Crippen LogP contribution in [0.3, 0.4) is 0 Å². The van der Waals surface area contributed by atoms with E-state index in [0.717, 1.165) is 0 Å². The van der Waals surface area contributed by atoms with Crippen LogP contribution < -0.4 is 0 Å². The molecule has 1 heteroatoms. The van der Waals surface area contributed by atoms with E-state index in [4.69, 9.17) is 22.2 Å². The van der Waals surface area contributed by atoms with Crippen LogP contribution in [-0.4, -0.2) is 0 Å². The second kappa shape index (κ2) is 10.8. The predicted octanol–water partition coefficient (Wildman–Crippen LogP) is 14.4. The summed E-state index contributed by atoms with van der Waals surface area (Å²) in [5.41, 5.74) is -7.73. The Morgan fingerprint density at radius 2 is 0.923 bits per heavy atom. The van der Waals surface area contributed by atoms with E-state index in [0.29, 0.717) is 0 Å². The third-order valence-electron chi connectivity index (χ3n) is 9.39. The van der Waals surface area contributed by atoms with Crippen molar-refractivity contribution in [1.82, 2.24) is 0 Å². The molecule has 0 atom stereocenters. The summed E-state index contributed by atoms with van der Waals surface area (Å²) in [5, 5.41) is -4.88. The molecule has 244 valence electrons. The van der Waals surface area contributed by atoms with Crippen LogP contribution in [0.15, 0.2) is 174 Å². The van der Waals surface area contributed by atoms with Gasteiger partial charge in [-0.2, -0.15) is 0 Å². The van der Waals surface area contributed by atoms with Gasteiger partial charge in [-0.3, -0.25) is 0 Å². The molecule has 52 heavy (non-hydrogen) atoms. The van der Waals surface area contributed by atoms with Gasteiger partial charge in [-0.15, -0.1) is 0 Å². The van der Waals surface area contributed by atoms with Crippen molar-refractivity contribution in [1.29, 1.82) is 0 Å². The Balaban J connectivity index is 1.35. The van der Waals surface area contributed by atoms with E-state index in [9.17, 15) is 20.6 Å². The summed E-state index contributed by atoms with van der Waals surface area (Å²) in [4.78, 5) is 0. The van der Waals surface area contributed by atoms with E-state index < -0.39 is 262 Å². The lowest BCUT2D eigenvalue weighted by molar-refractivity contribution is 0.660. The maximum atomic E-state index is 9.99. The third kappa shape index (κ3) is 4.17. The molecule has 0 radical (unpaired) electrons. The third-order valence-corrected chi connectivity index (χ3v) is 9.39. The van der Waals surface area contributed by atoms with Crippen molar-refractivity contribution < 1.29 is 42.8 Å². The summed E-state index contributed by atoms with van der Waals surface area (Å²) in [5.74, 6) is 0. The van der Waals surface area contributed by atoms with E-state index in [1.165, 1.54) is 13.8 Å². The zero-order valence-corrected chi connectivity index (χ0v) is 26.9. The molecule has 0 fully saturated rings. The topological polar surface area (TPSA) is 13.1 Å². The Labute approximate surface area is 341 Å². The Morgan fingerprint density at radius 3 is 1.65 bits per heavy atom. The minimum absolute atomic E-state index is 0.0196. The molecule has 1 heterocycles. The number of rotatable bonds is 3. The van der Waals surface area contributed by atoms with E-state index in [2.05, 4.69) is 0 Å². The van der Waals surface area contributed by atoms with Gasteiger partial charge in [-0.05, 0) is 124 Å². The van der Waals surface area contributed by atoms with Crippen molar-refractivity contribution in [2.75, 3.05) is 0 Å². The molecule has 0 bridgehead atoms. The van der Waals surface area contributed by atoms with Gasteiger partial charge < -0.3 is 4.42 Å².